The van der Waals surface area contributed by atoms with Crippen molar-refractivity contribution in [2.45, 2.75) is 32.2 Å². The van der Waals surface area contributed by atoms with E-state index in [0.717, 1.165) is 31.0 Å². The molecule has 39 heavy (non-hydrogen) atoms. The van der Waals surface area contributed by atoms with Gasteiger partial charge >= 0.3 is 6.11 Å². The third kappa shape index (κ3) is 6.77. The molecule has 0 N–H and O–H groups in total. The van der Waals surface area contributed by atoms with E-state index in [1.54, 1.807) is 0 Å². The van der Waals surface area contributed by atoms with Crippen LogP contribution in [0.2, 0.25) is 0 Å². The van der Waals surface area contributed by atoms with Gasteiger partial charge in [-0.05, 0) is 36.3 Å². The van der Waals surface area contributed by atoms with Gasteiger partial charge in [-0.15, -0.1) is 0 Å². The van der Waals surface area contributed by atoms with Crippen LogP contribution in [0.15, 0.2) is 48.5 Å². The first-order chi connectivity index (χ1) is 18.5. The number of benzene rings is 3. The van der Waals surface area contributed by atoms with Crippen molar-refractivity contribution in [1.29, 1.82) is 0 Å². The maximum absolute atomic E-state index is 14.9. The molecule has 3 aromatic rings. The third-order valence-electron chi connectivity index (χ3n) is 5.97. The fourth-order valence-corrected chi connectivity index (χ4v) is 4.08. The maximum Gasteiger partial charge on any atom is 0.419 e. The lowest BCUT2D eigenvalue weighted by Gasteiger charge is -2.29. The van der Waals surface area contributed by atoms with Gasteiger partial charge in [0.05, 0.1) is 13.2 Å². The summed E-state index contributed by atoms with van der Waals surface area (Å²) in [6.45, 7) is 2.95. The van der Waals surface area contributed by atoms with Crippen molar-refractivity contribution >= 4 is 6.08 Å². The van der Waals surface area contributed by atoms with Crippen LogP contribution in [0.5, 0.6) is 5.75 Å². The third-order valence-corrected chi connectivity index (χ3v) is 5.97. The van der Waals surface area contributed by atoms with Gasteiger partial charge in [0.2, 0.25) is 0 Å². The zero-order chi connectivity index (χ0) is 28.3. The maximum atomic E-state index is 14.9. The molecule has 0 radical (unpaired) electrons. The summed E-state index contributed by atoms with van der Waals surface area (Å²) in [4.78, 5) is 0. The Morgan fingerprint density at radius 1 is 0.846 bits per heavy atom. The van der Waals surface area contributed by atoms with Crippen molar-refractivity contribution in [2.24, 2.45) is 5.92 Å². The minimum atomic E-state index is -4.28. The molecule has 1 saturated heterocycles. The van der Waals surface area contributed by atoms with Crippen LogP contribution in [-0.4, -0.2) is 19.3 Å². The van der Waals surface area contributed by atoms with Gasteiger partial charge < -0.3 is 14.2 Å². The average Bonchev–Trinajstić information content (AvgIpc) is 2.87. The van der Waals surface area contributed by atoms with Crippen molar-refractivity contribution in [1.82, 2.24) is 0 Å². The van der Waals surface area contributed by atoms with Crippen molar-refractivity contribution in [3.63, 3.8) is 0 Å². The summed E-state index contributed by atoms with van der Waals surface area (Å²) in [6, 6.07) is 5.80. The van der Waals surface area contributed by atoms with E-state index < -0.39 is 58.6 Å². The monoisotopic (exact) mass is 558 g/mol. The molecule has 0 saturated carbocycles. The number of hydrogen-bond acceptors (Lipinski definition) is 3. The van der Waals surface area contributed by atoms with Gasteiger partial charge in [0.1, 0.15) is 23.2 Å². The van der Waals surface area contributed by atoms with Crippen LogP contribution in [0.3, 0.4) is 0 Å². The Morgan fingerprint density at radius 3 is 2.03 bits per heavy atom. The quantitative estimate of drug-likeness (QED) is 0.206. The SMILES string of the molecule is CCCC1COC(c2ccc(-c3cc(F)c(C=CC(F)(F)Oc4cc(F)c(F)c(F)c4)c(F)c3)c(F)c2)OC1. The molecule has 3 nitrogen and oxygen atoms in total. The van der Waals surface area contributed by atoms with Crippen LogP contribution in [0.1, 0.15) is 37.2 Å². The van der Waals surface area contributed by atoms with Crippen molar-refractivity contribution in [3.05, 3.63) is 94.6 Å². The number of hydrogen-bond donors (Lipinski definition) is 0. The van der Waals surface area contributed by atoms with Crippen molar-refractivity contribution in [3.8, 4) is 16.9 Å². The summed E-state index contributed by atoms with van der Waals surface area (Å²) >= 11 is 0. The van der Waals surface area contributed by atoms with E-state index in [1.807, 2.05) is 6.92 Å². The molecule has 1 aliphatic rings. The van der Waals surface area contributed by atoms with Crippen LogP contribution < -0.4 is 4.74 Å². The molecule has 0 unspecified atom stereocenters. The van der Waals surface area contributed by atoms with E-state index in [2.05, 4.69) is 4.74 Å². The Labute approximate surface area is 218 Å². The Balaban J connectivity index is 1.50. The fourth-order valence-electron chi connectivity index (χ4n) is 4.08. The second-order valence-corrected chi connectivity index (χ2v) is 8.94. The summed E-state index contributed by atoms with van der Waals surface area (Å²) in [7, 11) is 0. The van der Waals surface area contributed by atoms with Gasteiger partial charge in [-0.2, -0.15) is 8.78 Å². The minimum Gasteiger partial charge on any atom is -0.429 e. The topological polar surface area (TPSA) is 27.7 Å². The Morgan fingerprint density at radius 2 is 1.46 bits per heavy atom. The van der Waals surface area contributed by atoms with Crippen LogP contribution in [-0.2, 0) is 9.47 Å². The van der Waals surface area contributed by atoms with E-state index >= 15 is 0 Å². The summed E-state index contributed by atoms with van der Waals surface area (Å²) in [5.74, 6) is -9.62. The smallest absolute Gasteiger partial charge is 0.419 e. The predicted octanol–water partition coefficient (Wildman–Crippen LogP) is 8.33. The van der Waals surface area contributed by atoms with Gasteiger partial charge in [-0.3, -0.25) is 0 Å². The highest BCUT2D eigenvalue weighted by Gasteiger charge is 2.30. The molecule has 3 aromatic carbocycles. The van der Waals surface area contributed by atoms with Gasteiger partial charge in [0, 0.05) is 40.8 Å². The Kier molecular flexibility index (Phi) is 8.60. The van der Waals surface area contributed by atoms with Crippen LogP contribution in [0, 0.1) is 40.8 Å². The molecule has 11 heteroatoms. The van der Waals surface area contributed by atoms with Gasteiger partial charge in [0.25, 0.3) is 0 Å². The first-order valence-corrected chi connectivity index (χ1v) is 11.9. The molecule has 1 fully saturated rings. The fraction of sp³-hybridized carbons (Fsp3) is 0.286. The van der Waals surface area contributed by atoms with E-state index in [4.69, 9.17) is 9.47 Å². The number of halogens is 8. The first kappa shape index (κ1) is 28.6. The molecule has 0 atom stereocenters. The molecule has 0 bridgehead atoms. The Hall–Kier alpha value is -3.44. The normalized spacial score (nSPS) is 18.1. The first-order valence-electron chi connectivity index (χ1n) is 11.9. The number of rotatable bonds is 8. The summed E-state index contributed by atoms with van der Waals surface area (Å²) < 4.78 is 127. The summed E-state index contributed by atoms with van der Waals surface area (Å²) in [5.41, 5.74) is -0.864. The highest BCUT2D eigenvalue weighted by Crippen LogP contribution is 2.33. The second kappa shape index (κ2) is 11.7. The second-order valence-electron chi connectivity index (χ2n) is 8.94. The molecule has 1 heterocycles. The molecule has 208 valence electrons. The highest BCUT2D eigenvalue weighted by atomic mass is 19.3. The highest BCUT2D eigenvalue weighted by molar-refractivity contribution is 5.67. The average molecular weight is 558 g/mol. The lowest BCUT2D eigenvalue weighted by Crippen LogP contribution is -2.27. The number of ether oxygens (including phenoxy) is 3. The minimum absolute atomic E-state index is 0.0576. The molecule has 0 aliphatic carbocycles. The van der Waals surface area contributed by atoms with E-state index in [0.29, 0.717) is 24.9 Å². The van der Waals surface area contributed by atoms with Crippen LogP contribution in [0.4, 0.5) is 35.1 Å². The zero-order valence-electron chi connectivity index (χ0n) is 20.4. The van der Waals surface area contributed by atoms with Gasteiger partial charge in [-0.25, -0.2) is 26.3 Å². The molecule has 0 aromatic heterocycles. The molecule has 1 aliphatic heterocycles. The van der Waals surface area contributed by atoms with E-state index in [9.17, 15) is 35.1 Å². The summed E-state index contributed by atoms with van der Waals surface area (Å²) in [6.07, 6.45) is -2.86. The summed E-state index contributed by atoms with van der Waals surface area (Å²) in [5, 5.41) is 0. The Bertz CT molecular complexity index is 1320. The molecular formula is C28H22F8O3. The molecule has 4 rings (SSSR count). The number of alkyl halides is 2. The molecule has 0 amide bonds. The van der Waals surface area contributed by atoms with E-state index in [-0.39, 0.29) is 35.3 Å². The van der Waals surface area contributed by atoms with Crippen molar-refractivity contribution < 1.29 is 49.3 Å². The van der Waals surface area contributed by atoms with Crippen molar-refractivity contribution in [2.75, 3.05) is 13.2 Å². The lowest BCUT2D eigenvalue weighted by molar-refractivity contribution is -0.206. The molecular weight excluding hydrogens is 536 g/mol. The standard InChI is InChI=1S/C28H22F8O3/c1-2-3-15-13-37-27(38-14-15)16-4-5-19(21(29)8-16)17-9-22(30)20(23(31)10-17)6-7-28(35,36)39-18-11-24(32)26(34)25(33)12-18/h4-12,15,27H,2-3,13-14H2,1H3. The van der Waals surface area contributed by atoms with Gasteiger partial charge in [-0.1, -0.05) is 25.5 Å². The predicted molar refractivity (Wildman–Crippen MR) is 126 cm³/mol. The molecule has 0 spiro atoms. The van der Waals surface area contributed by atoms with Crippen LogP contribution >= 0.6 is 0 Å². The van der Waals surface area contributed by atoms with Gasteiger partial charge in [0.15, 0.2) is 23.7 Å². The van der Waals surface area contributed by atoms with Crippen LogP contribution in [0.25, 0.3) is 17.2 Å². The lowest BCUT2D eigenvalue weighted by atomic mass is 10.00. The largest absolute Gasteiger partial charge is 0.429 e. The van der Waals surface area contributed by atoms with E-state index in [1.165, 1.54) is 12.1 Å². The zero-order valence-corrected chi connectivity index (χ0v) is 20.4.